The molecular formula is C13H16N2O6. The third-order valence-electron chi connectivity index (χ3n) is 2.82. The Morgan fingerprint density at radius 1 is 1.43 bits per heavy atom. The maximum Gasteiger partial charge on any atom is 0.323 e. The van der Waals surface area contributed by atoms with E-state index in [9.17, 15) is 19.7 Å². The zero-order valence-electron chi connectivity index (χ0n) is 11.9. The fourth-order valence-corrected chi connectivity index (χ4v) is 1.84. The summed E-state index contributed by atoms with van der Waals surface area (Å²) in [6.45, 7) is 2.82. The van der Waals surface area contributed by atoms with E-state index in [1.807, 2.05) is 0 Å². The van der Waals surface area contributed by atoms with Crippen molar-refractivity contribution in [3.8, 4) is 5.75 Å². The summed E-state index contributed by atoms with van der Waals surface area (Å²) in [4.78, 5) is 34.7. The molecule has 0 fully saturated rings. The van der Waals surface area contributed by atoms with Crippen LogP contribution in [0.4, 0.5) is 5.69 Å². The number of para-hydroxylation sites is 1. The van der Waals surface area contributed by atoms with Gasteiger partial charge in [-0.05, 0) is 19.9 Å². The van der Waals surface area contributed by atoms with Gasteiger partial charge in [-0.1, -0.05) is 6.07 Å². The Morgan fingerprint density at radius 2 is 2.05 bits per heavy atom. The van der Waals surface area contributed by atoms with Gasteiger partial charge >= 0.3 is 11.7 Å². The van der Waals surface area contributed by atoms with Crippen LogP contribution in [0.5, 0.6) is 5.75 Å². The summed E-state index contributed by atoms with van der Waals surface area (Å²) in [6, 6.07) is 3.56. The molecule has 0 aliphatic heterocycles. The summed E-state index contributed by atoms with van der Waals surface area (Å²) < 4.78 is 4.96. The van der Waals surface area contributed by atoms with E-state index < -0.39 is 23.3 Å². The predicted octanol–water partition coefficient (Wildman–Crippen LogP) is 1.54. The number of carbonyl (C=O) groups is 2. The third kappa shape index (κ3) is 3.68. The van der Waals surface area contributed by atoms with Crippen LogP contribution < -0.4 is 4.74 Å². The van der Waals surface area contributed by atoms with Crippen LogP contribution in [0.1, 0.15) is 24.2 Å². The van der Waals surface area contributed by atoms with E-state index in [1.165, 1.54) is 25.3 Å². The molecule has 0 atom stereocenters. The summed E-state index contributed by atoms with van der Waals surface area (Å²) in [5.41, 5.74) is -0.385. The SMILES string of the molecule is COc1c(C(=O)N(CC(=O)O)C(C)C)cccc1[N+](=O)[O-]. The van der Waals surface area contributed by atoms with Crippen LogP contribution in [-0.4, -0.2) is 46.5 Å². The lowest BCUT2D eigenvalue weighted by atomic mass is 10.1. The van der Waals surface area contributed by atoms with Crippen LogP contribution in [0, 0.1) is 10.1 Å². The van der Waals surface area contributed by atoms with Gasteiger partial charge in [0.1, 0.15) is 6.54 Å². The maximum absolute atomic E-state index is 12.4. The van der Waals surface area contributed by atoms with Gasteiger partial charge in [0, 0.05) is 12.1 Å². The molecule has 114 valence electrons. The van der Waals surface area contributed by atoms with Gasteiger partial charge in [-0.3, -0.25) is 19.7 Å². The fourth-order valence-electron chi connectivity index (χ4n) is 1.84. The molecule has 0 heterocycles. The molecule has 1 aromatic carbocycles. The molecule has 21 heavy (non-hydrogen) atoms. The van der Waals surface area contributed by atoms with Crippen molar-refractivity contribution in [1.29, 1.82) is 0 Å². The number of benzene rings is 1. The van der Waals surface area contributed by atoms with Crippen molar-refractivity contribution in [3.63, 3.8) is 0 Å². The van der Waals surface area contributed by atoms with Gasteiger partial charge in [-0.2, -0.15) is 0 Å². The molecule has 1 N–H and O–H groups in total. The number of hydrogen-bond acceptors (Lipinski definition) is 5. The summed E-state index contributed by atoms with van der Waals surface area (Å²) in [5, 5.41) is 19.8. The summed E-state index contributed by atoms with van der Waals surface area (Å²) in [6.07, 6.45) is 0. The first-order valence-electron chi connectivity index (χ1n) is 6.13. The van der Waals surface area contributed by atoms with E-state index in [4.69, 9.17) is 9.84 Å². The Bertz CT molecular complexity index is 570. The third-order valence-corrected chi connectivity index (χ3v) is 2.82. The lowest BCUT2D eigenvalue weighted by Crippen LogP contribution is -2.40. The molecule has 0 saturated heterocycles. The molecule has 0 radical (unpaired) electrons. The van der Waals surface area contributed by atoms with Crippen molar-refractivity contribution >= 4 is 17.6 Å². The topological polar surface area (TPSA) is 110 Å². The van der Waals surface area contributed by atoms with Crippen molar-refractivity contribution in [2.75, 3.05) is 13.7 Å². The number of carboxylic acids is 1. The van der Waals surface area contributed by atoms with E-state index in [1.54, 1.807) is 13.8 Å². The fraction of sp³-hybridized carbons (Fsp3) is 0.385. The van der Waals surface area contributed by atoms with Crippen molar-refractivity contribution in [3.05, 3.63) is 33.9 Å². The Labute approximate surface area is 121 Å². The highest BCUT2D eigenvalue weighted by molar-refractivity contribution is 5.99. The summed E-state index contributed by atoms with van der Waals surface area (Å²) >= 11 is 0. The molecule has 1 aromatic rings. The lowest BCUT2D eigenvalue weighted by molar-refractivity contribution is -0.385. The molecule has 0 bridgehead atoms. The monoisotopic (exact) mass is 296 g/mol. The standard InChI is InChI=1S/C13H16N2O6/c1-8(2)14(7-11(16)17)13(18)9-5-4-6-10(15(19)20)12(9)21-3/h4-6,8H,7H2,1-3H3,(H,16,17). The molecule has 8 heteroatoms. The van der Waals surface area contributed by atoms with Crippen LogP contribution in [0.25, 0.3) is 0 Å². The first-order valence-corrected chi connectivity index (χ1v) is 6.13. The average Bonchev–Trinajstić information content (AvgIpc) is 2.42. The van der Waals surface area contributed by atoms with E-state index in [0.717, 1.165) is 4.90 Å². The largest absolute Gasteiger partial charge is 0.490 e. The molecule has 1 amide bonds. The minimum atomic E-state index is -1.17. The number of ether oxygens (including phenoxy) is 1. The van der Waals surface area contributed by atoms with Gasteiger partial charge in [0.25, 0.3) is 5.91 Å². The first kappa shape index (κ1) is 16.4. The Balaban J connectivity index is 3.31. The predicted molar refractivity (Wildman–Crippen MR) is 73.5 cm³/mol. The number of nitro benzene ring substituents is 1. The van der Waals surface area contributed by atoms with Gasteiger partial charge < -0.3 is 14.7 Å². The highest BCUT2D eigenvalue weighted by Gasteiger charge is 2.28. The minimum Gasteiger partial charge on any atom is -0.490 e. The lowest BCUT2D eigenvalue weighted by Gasteiger charge is -2.25. The quantitative estimate of drug-likeness (QED) is 0.629. The molecule has 1 rings (SSSR count). The number of nitro groups is 1. The van der Waals surface area contributed by atoms with Gasteiger partial charge in [0.05, 0.1) is 17.6 Å². The van der Waals surface area contributed by atoms with Crippen LogP contribution in [0.15, 0.2) is 18.2 Å². The molecular weight excluding hydrogens is 280 g/mol. The average molecular weight is 296 g/mol. The summed E-state index contributed by atoms with van der Waals surface area (Å²) in [7, 11) is 1.22. The molecule has 0 unspecified atom stereocenters. The Morgan fingerprint density at radius 3 is 2.48 bits per heavy atom. The maximum atomic E-state index is 12.4. The second-order valence-electron chi connectivity index (χ2n) is 4.54. The zero-order chi connectivity index (χ0) is 16.2. The number of rotatable bonds is 6. The van der Waals surface area contributed by atoms with Crippen LogP contribution in [-0.2, 0) is 4.79 Å². The number of methoxy groups -OCH3 is 1. The molecule has 8 nitrogen and oxygen atoms in total. The smallest absolute Gasteiger partial charge is 0.323 e. The van der Waals surface area contributed by atoms with Crippen molar-refractivity contribution < 1.29 is 24.4 Å². The molecule has 0 saturated carbocycles. The van der Waals surface area contributed by atoms with E-state index in [0.29, 0.717) is 0 Å². The second-order valence-corrected chi connectivity index (χ2v) is 4.54. The number of hydrogen-bond donors (Lipinski definition) is 1. The first-order chi connectivity index (χ1) is 9.79. The Hall–Kier alpha value is -2.64. The van der Waals surface area contributed by atoms with Crippen LogP contribution in [0.2, 0.25) is 0 Å². The minimum absolute atomic E-state index is 0.0401. The number of amides is 1. The highest BCUT2D eigenvalue weighted by Crippen LogP contribution is 2.31. The number of aliphatic carboxylic acids is 1. The van der Waals surface area contributed by atoms with Gasteiger partial charge in [0.15, 0.2) is 0 Å². The van der Waals surface area contributed by atoms with E-state index >= 15 is 0 Å². The molecule has 0 aliphatic rings. The number of carboxylic acid groups (broad SMARTS) is 1. The zero-order valence-corrected chi connectivity index (χ0v) is 11.9. The second kappa shape index (κ2) is 6.69. The van der Waals surface area contributed by atoms with Crippen molar-refractivity contribution in [2.24, 2.45) is 0 Å². The van der Waals surface area contributed by atoms with Gasteiger partial charge in [0.2, 0.25) is 5.75 Å². The van der Waals surface area contributed by atoms with E-state index in [2.05, 4.69) is 0 Å². The Kier molecular flexibility index (Phi) is 5.23. The van der Waals surface area contributed by atoms with Gasteiger partial charge in [-0.15, -0.1) is 0 Å². The molecule has 0 aromatic heterocycles. The number of nitrogens with zero attached hydrogens (tertiary/aromatic N) is 2. The summed E-state index contributed by atoms with van der Waals surface area (Å²) in [5.74, 6) is -1.97. The van der Waals surface area contributed by atoms with Crippen molar-refractivity contribution in [2.45, 2.75) is 19.9 Å². The molecule has 0 spiro atoms. The van der Waals surface area contributed by atoms with Gasteiger partial charge in [-0.25, -0.2) is 0 Å². The van der Waals surface area contributed by atoms with Crippen LogP contribution >= 0.6 is 0 Å². The highest BCUT2D eigenvalue weighted by atomic mass is 16.6. The van der Waals surface area contributed by atoms with E-state index in [-0.39, 0.29) is 23.0 Å². The van der Waals surface area contributed by atoms with Crippen LogP contribution in [0.3, 0.4) is 0 Å². The normalized spacial score (nSPS) is 10.3. The van der Waals surface area contributed by atoms with Crippen molar-refractivity contribution in [1.82, 2.24) is 4.90 Å². The molecule has 0 aliphatic carbocycles. The number of carbonyl (C=O) groups excluding carboxylic acids is 1.